The number of H-pyrrole nitrogens is 1. The van der Waals surface area contributed by atoms with Crippen molar-refractivity contribution in [2.75, 3.05) is 0 Å². The Labute approximate surface area is 244 Å². The molecule has 0 fully saturated rings. The molecule has 2 aliphatic carbocycles. The lowest BCUT2D eigenvalue weighted by molar-refractivity contribution is 0.0938. The predicted octanol–water partition coefficient (Wildman–Crippen LogP) is 7.52. The first-order chi connectivity index (χ1) is 20.0. The van der Waals surface area contributed by atoms with Gasteiger partial charge in [0, 0.05) is 28.4 Å². The van der Waals surface area contributed by atoms with Crippen molar-refractivity contribution < 1.29 is 4.79 Å². The van der Waals surface area contributed by atoms with Crippen LogP contribution in [0.25, 0.3) is 33.7 Å². The van der Waals surface area contributed by atoms with Gasteiger partial charge in [0.2, 0.25) is 0 Å². The van der Waals surface area contributed by atoms with E-state index in [1.165, 1.54) is 34.4 Å². The quantitative estimate of drug-likeness (QED) is 0.216. The molecule has 41 heavy (non-hydrogen) atoms. The number of hydrogen-bond donors (Lipinski definition) is 2. The van der Waals surface area contributed by atoms with E-state index in [2.05, 4.69) is 71.5 Å². The molecule has 0 radical (unpaired) electrons. The van der Waals surface area contributed by atoms with Crippen LogP contribution < -0.4 is 5.32 Å². The second kappa shape index (κ2) is 10.6. The molecule has 1 amide bonds. The van der Waals surface area contributed by atoms with Crippen molar-refractivity contribution in [2.45, 2.75) is 84.2 Å². The van der Waals surface area contributed by atoms with Gasteiger partial charge in [0.05, 0.1) is 28.2 Å². The maximum atomic E-state index is 13.3. The minimum atomic E-state index is 0.0323. The van der Waals surface area contributed by atoms with Gasteiger partial charge >= 0.3 is 0 Å². The number of aromatic nitrogens is 5. The number of carbonyl (C=O) groups excluding carboxylic acids is 1. The highest BCUT2D eigenvalue weighted by Gasteiger charge is 2.24. The predicted molar refractivity (Wildman–Crippen MR) is 164 cm³/mol. The Balaban J connectivity index is 1.19. The number of nitrogens with one attached hydrogen (secondary N) is 2. The Morgan fingerprint density at radius 3 is 2.71 bits per heavy atom. The summed E-state index contributed by atoms with van der Waals surface area (Å²) >= 11 is 1.69. The van der Waals surface area contributed by atoms with Gasteiger partial charge in [-0.2, -0.15) is 5.10 Å². The Bertz CT molecular complexity index is 1740. The molecule has 1 atom stereocenters. The average molecular weight is 565 g/mol. The molecule has 0 spiro atoms. The summed E-state index contributed by atoms with van der Waals surface area (Å²) in [5.41, 5.74) is 9.87. The van der Waals surface area contributed by atoms with Crippen LogP contribution in [-0.2, 0) is 19.3 Å². The lowest BCUT2D eigenvalue weighted by Crippen LogP contribution is -2.28. The minimum absolute atomic E-state index is 0.0323. The number of imidazole rings is 1. The Hall–Kier alpha value is -3.78. The number of rotatable bonds is 5. The Morgan fingerprint density at radius 2 is 1.88 bits per heavy atom. The number of hydrogen-bond acceptors (Lipinski definition) is 5. The molecule has 1 aromatic carbocycles. The average Bonchev–Trinajstić information content (AvgIpc) is 3.67. The fraction of sp³-hybridized carbons (Fsp3) is 0.394. The largest absolute Gasteiger partial charge is 0.345 e. The van der Waals surface area contributed by atoms with Gasteiger partial charge in [-0.25, -0.2) is 9.97 Å². The standard InChI is InChI=1S/C33H36N6OS/c1-19(2)39-20(3)26(18-35-39)31-37-30-25(14-15-34-32(30)38-31)22-12-13-24-21(16-22)8-4-6-10-27(24)36-33(40)29-17-23-9-5-7-11-28(23)41-29/h12-19,27H,4-11H2,1-3H3,(H,36,40)(H,34,37,38)/t27-/m1/s1. The number of amides is 1. The smallest absolute Gasteiger partial charge is 0.261 e. The number of fused-ring (bicyclic) bond motifs is 3. The van der Waals surface area contributed by atoms with Crippen LogP contribution in [0.4, 0.5) is 0 Å². The van der Waals surface area contributed by atoms with Crippen LogP contribution in [0.15, 0.2) is 42.7 Å². The molecule has 5 aromatic rings. The molecular weight excluding hydrogens is 528 g/mol. The molecule has 8 heteroatoms. The first-order valence-electron chi connectivity index (χ1n) is 14.9. The van der Waals surface area contributed by atoms with Gasteiger partial charge in [0.15, 0.2) is 5.65 Å². The zero-order valence-electron chi connectivity index (χ0n) is 24.0. The third kappa shape index (κ3) is 4.78. The van der Waals surface area contributed by atoms with Crippen molar-refractivity contribution in [2.24, 2.45) is 0 Å². The van der Waals surface area contributed by atoms with E-state index >= 15 is 0 Å². The molecule has 210 valence electrons. The minimum Gasteiger partial charge on any atom is -0.345 e. The molecule has 4 heterocycles. The first-order valence-corrected chi connectivity index (χ1v) is 15.7. The van der Waals surface area contributed by atoms with Gasteiger partial charge in [-0.1, -0.05) is 24.6 Å². The molecule has 0 saturated carbocycles. The zero-order valence-corrected chi connectivity index (χ0v) is 24.8. The van der Waals surface area contributed by atoms with Crippen LogP contribution in [0, 0.1) is 6.92 Å². The number of aryl methyl sites for hydroxylation is 3. The highest BCUT2D eigenvalue weighted by atomic mass is 32.1. The van der Waals surface area contributed by atoms with Crippen LogP contribution in [-0.4, -0.2) is 30.6 Å². The van der Waals surface area contributed by atoms with Gasteiger partial charge in [-0.15, -0.1) is 11.3 Å². The number of aromatic amines is 1. The number of nitrogens with zero attached hydrogens (tertiary/aromatic N) is 4. The molecule has 0 aliphatic heterocycles. The van der Waals surface area contributed by atoms with Crippen molar-refractivity contribution in [1.82, 2.24) is 30.0 Å². The van der Waals surface area contributed by atoms with Crippen LogP contribution in [0.2, 0.25) is 0 Å². The fourth-order valence-corrected chi connectivity index (χ4v) is 7.74. The summed E-state index contributed by atoms with van der Waals surface area (Å²) in [6.07, 6.45) is 12.6. The van der Waals surface area contributed by atoms with Gasteiger partial charge in [0.25, 0.3) is 5.91 Å². The third-order valence-corrected chi connectivity index (χ3v) is 9.96. The lowest BCUT2D eigenvalue weighted by Gasteiger charge is -2.20. The van der Waals surface area contributed by atoms with Crippen LogP contribution in [0.3, 0.4) is 0 Å². The molecular formula is C33H36N6OS. The summed E-state index contributed by atoms with van der Waals surface area (Å²) in [5, 5.41) is 7.97. The number of carbonyl (C=O) groups is 1. The van der Waals surface area contributed by atoms with Crippen molar-refractivity contribution in [3.63, 3.8) is 0 Å². The summed E-state index contributed by atoms with van der Waals surface area (Å²) in [6, 6.07) is 11.2. The van der Waals surface area contributed by atoms with Gasteiger partial charge < -0.3 is 10.3 Å². The second-order valence-corrected chi connectivity index (χ2v) is 12.9. The highest BCUT2D eigenvalue weighted by Crippen LogP contribution is 2.36. The second-order valence-electron chi connectivity index (χ2n) is 11.8. The van der Waals surface area contributed by atoms with E-state index in [4.69, 9.17) is 4.98 Å². The van der Waals surface area contributed by atoms with E-state index in [9.17, 15) is 4.79 Å². The molecule has 4 aromatic heterocycles. The van der Waals surface area contributed by atoms with Crippen molar-refractivity contribution in [3.8, 4) is 22.5 Å². The van der Waals surface area contributed by atoms with Gasteiger partial charge in [-0.05, 0) is 100 Å². The van der Waals surface area contributed by atoms with Crippen molar-refractivity contribution in [3.05, 3.63) is 74.9 Å². The number of thiophene rings is 1. The van der Waals surface area contributed by atoms with E-state index in [1.807, 2.05) is 17.1 Å². The van der Waals surface area contributed by atoms with Crippen molar-refractivity contribution in [1.29, 1.82) is 0 Å². The molecule has 7 nitrogen and oxygen atoms in total. The maximum absolute atomic E-state index is 13.3. The fourth-order valence-electron chi connectivity index (χ4n) is 6.59. The summed E-state index contributed by atoms with van der Waals surface area (Å²) in [5.74, 6) is 0.861. The SMILES string of the molecule is Cc1c(-c2nc3nccc(-c4ccc5c(c4)CCCC[C@H]5NC(=O)c4cc5c(s4)CCCC5)c3[nH]2)cnn1C(C)C. The molecule has 2 aliphatic rings. The van der Waals surface area contributed by atoms with Crippen LogP contribution >= 0.6 is 11.3 Å². The normalized spacial score (nSPS) is 16.9. The van der Waals surface area contributed by atoms with Gasteiger partial charge in [0.1, 0.15) is 5.82 Å². The molecule has 0 unspecified atom stereocenters. The van der Waals surface area contributed by atoms with Crippen LogP contribution in [0.1, 0.15) is 95.0 Å². The molecule has 2 N–H and O–H groups in total. The van der Waals surface area contributed by atoms with E-state index in [1.54, 1.807) is 11.3 Å². The summed E-state index contributed by atoms with van der Waals surface area (Å²) in [6.45, 7) is 6.34. The Morgan fingerprint density at radius 1 is 1.05 bits per heavy atom. The van der Waals surface area contributed by atoms with E-state index < -0.39 is 0 Å². The Kier molecular flexibility index (Phi) is 6.73. The molecule has 0 saturated heterocycles. The summed E-state index contributed by atoms with van der Waals surface area (Å²) in [7, 11) is 0. The van der Waals surface area contributed by atoms with E-state index in [0.717, 1.165) is 77.1 Å². The van der Waals surface area contributed by atoms with Gasteiger partial charge in [-0.3, -0.25) is 9.48 Å². The molecule has 0 bridgehead atoms. The summed E-state index contributed by atoms with van der Waals surface area (Å²) in [4.78, 5) is 28.6. The van der Waals surface area contributed by atoms with E-state index in [-0.39, 0.29) is 18.0 Å². The number of pyridine rings is 1. The van der Waals surface area contributed by atoms with Crippen molar-refractivity contribution >= 4 is 28.4 Å². The highest BCUT2D eigenvalue weighted by molar-refractivity contribution is 7.14. The zero-order chi connectivity index (χ0) is 28.1. The first kappa shape index (κ1) is 26.1. The number of benzene rings is 1. The van der Waals surface area contributed by atoms with E-state index in [0.29, 0.717) is 5.65 Å². The monoisotopic (exact) mass is 564 g/mol. The topological polar surface area (TPSA) is 88.5 Å². The third-order valence-electron chi connectivity index (χ3n) is 8.73. The lowest BCUT2D eigenvalue weighted by atomic mass is 9.94. The summed E-state index contributed by atoms with van der Waals surface area (Å²) < 4.78 is 2.02. The van der Waals surface area contributed by atoms with Crippen LogP contribution in [0.5, 0.6) is 0 Å². The molecule has 7 rings (SSSR count). The maximum Gasteiger partial charge on any atom is 0.261 e.